The standard InChI is InChI=1S/C10H12ClN3/c11-10-12-5-7-6-14(8-1-2-8)4-3-9(7)13-10/h5,8H,1-4,6H2. The summed E-state index contributed by atoms with van der Waals surface area (Å²) in [7, 11) is 0. The smallest absolute Gasteiger partial charge is 0.222 e. The van der Waals surface area contributed by atoms with Gasteiger partial charge in [-0.25, -0.2) is 9.97 Å². The summed E-state index contributed by atoms with van der Waals surface area (Å²) in [6, 6.07) is 0.832. The lowest BCUT2D eigenvalue weighted by atomic mass is 10.1. The van der Waals surface area contributed by atoms with Crippen LogP contribution in [0.5, 0.6) is 0 Å². The summed E-state index contributed by atoms with van der Waals surface area (Å²) in [5.74, 6) is 0. The van der Waals surface area contributed by atoms with Crippen molar-refractivity contribution in [3.63, 3.8) is 0 Å². The van der Waals surface area contributed by atoms with E-state index in [1.54, 1.807) is 0 Å². The van der Waals surface area contributed by atoms with Gasteiger partial charge in [0.05, 0.1) is 5.69 Å². The minimum Gasteiger partial charge on any atom is -0.296 e. The van der Waals surface area contributed by atoms with Crippen LogP contribution in [-0.4, -0.2) is 27.5 Å². The van der Waals surface area contributed by atoms with Crippen molar-refractivity contribution in [2.24, 2.45) is 0 Å². The fourth-order valence-electron chi connectivity index (χ4n) is 2.06. The largest absolute Gasteiger partial charge is 0.296 e. The highest BCUT2D eigenvalue weighted by atomic mass is 35.5. The van der Waals surface area contributed by atoms with Gasteiger partial charge < -0.3 is 0 Å². The van der Waals surface area contributed by atoms with E-state index in [9.17, 15) is 0 Å². The second kappa shape index (κ2) is 3.17. The molecule has 0 saturated heterocycles. The number of halogens is 1. The summed E-state index contributed by atoms with van der Waals surface area (Å²) in [6.07, 6.45) is 5.63. The Morgan fingerprint density at radius 3 is 3.07 bits per heavy atom. The van der Waals surface area contributed by atoms with Crippen molar-refractivity contribution >= 4 is 11.6 Å². The van der Waals surface area contributed by atoms with Crippen molar-refractivity contribution in [2.45, 2.75) is 31.8 Å². The Morgan fingerprint density at radius 2 is 2.29 bits per heavy atom. The van der Waals surface area contributed by atoms with Crippen LogP contribution in [0.2, 0.25) is 5.28 Å². The van der Waals surface area contributed by atoms with E-state index >= 15 is 0 Å². The maximum Gasteiger partial charge on any atom is 0.222 e. The molecule has 0 amide bonds. The van der Waals surface area contributed by atoms with Gasteiger partial charge in [0.1, 0.15) is 0 Å². The van der Waals surface area contributed by atoms with E-state index in [0.717, 1.165) is 31.2 Å². The Morgan fingerprint density at radius 1 is 1.43 bits per heavy atom. The molecule has 3 rings (SSSR count). The van der Waals surface area contributed by atoms with Crippen LogP contribution in [0, 0.1) is 0 Å². The number of hydrogen-bond donors (Lipinski definition) is 0. The second-order valence-electron chi connectivity index (χ2n) is 4.06. The third-order valence-electron chi connectivity index (χ3n) is 3.00. The van der Waals surface area contributed by atoms with E-state index in [4.69, 9.17) is 11.6 Å². The Labute approximate surface area is 88.1 Å². The van der Waals surface area contributed by atoms with Crippen molar-refractivity contribution < 1.29 is 0 Å². The molecule has 0 N–H and O–H groups in total. The van der Waals surface area contributed by atoms with E-state index in [1.165, 1.54) is 18.4 Å². The molecule has 0 aromatic carbocycles. The SMILES string of the molecule is Clc1ncc2c(n1)CCN(C1CC1)C2. The van der Waals surface area contributed by atoms with Crippen LogP contribution < -0.4 is 0 Å². The fraction of sp³-hybridized carbons (Fsp3) is 0.600. The minimum atomic E-state index is 0.378. The van der Waals surface area contributed by atoms with E-state index in [2.05, 4.69) is 14.9 Å². The number of aromatic nitrogens is 2. The maximum atomic E-state index is 5.75. The van der Waals surface area contributed by atoms with Gasteiger partial charge in [-0.2, -0.15) is 0 Å². The van der Waals surface area contributed by atoms with Crippen LogP contribution >= 0.6 is 11.6 Å². The predicted molar refractivity (Wildman–Crippen MR) is 54.2 cm³/mol. The Kier molecular flexibility index (Phi) is 1.96. The Hall–Kier alpha value is -0.670. The molecule has 1 saturated carbocycles. The average Bonchev–Trinajstić information content (AvgIpc) is 3.00. The summed E-state index contributed by atoms with van der Waals surface area (Å²) in [5, 5.41) is 0.378. The molecule has 1 aromatic rings. The van der Waals surface area contributed by atoms with Gasteiger partial charge in [-0.05, 0) is 24.4 Å². The first kappa shape index (κ1) is 8.62. The molecule has 0 bridgehead atoms. The minimum absolute atomic E-state index is 0.378. The van der Waals surface area contributed by atoms with Crippen LogP contribution in [0.4, 0.5) is 0 Å². The first-order chi connectivity index (χ1) is 6.83. The van der Waals surface area contributed by atoms with Crippen LogP contribution in [0.15, 0.2) is 6.20 Å². The van der Waals surface area contributed by atoms with Crippen molar-refractivity contribution in [3.8, 4) is 0 Å². The van der Waals surface area contributed by atoms with Gasteiger partial charge in [0.25, 0.3) is 0 Å². The summed E-state index contributed by atoms with van der Waals surface area (Å²) < 4.78 is 0. The summed E-state index contributed by atoms with van der Waals surface area (Å²) >= 11 is 5.75. The van der Waals surface area contributed by atoms with Crippen molar-refractivity contribution in [1.29, 1.82) is 0 Å². The van der Waals surface area contributed by atoms with Gasteiger partial charge in [0.15, 0.2) is 0 Å². The van der Waals surface area contributed by atoms with Gasteiger partial charge in [0, 0.05) is 37.3 Å². The normalized spacial score (nSPS) is 22.1. The molecule has 0 radical (unpaired) electrons. The number of rotatable bonds is 1. The van der Waals surface area contributed by atoms with Crippen molar-refractivity contribution in [1.82, 2.24) is 14.9 Å². The van der Waals surface area contributed by atoms with E-state index in [1.807, 2.05) is 6.20 Å². The molecule has 0 atom stereocenters. The first-order valence-electron chi connectivity index (χ1n) is 5.07. The third kappa shape index (κ3) is 1.51. The van der Waals surface area contributed by atoms with Crippen LogP contribution in [-0.2, 0) is 13.0 Å². The molecule has 1 aliphatic carbocycles. The number of nitrogens with zero attached hydrogens (tertiary/aromatic N) is 3. The third-order valence-corrected chi connectivity index (χ3v) is 3.18. The van der Waals surface area contributed by atoms with Gasteiger partial charge in [-0.15, -0.1) is 0 Å². The quantitative estimate of drug-likeness (QED) is 0.659. The molecule has 0 unspecified atom stereocenters. The number of hydrogen-bond acceptors (Lipinski definition) is 3. The zero-order chi connectivity index (χ0) is 9.54. The zero-order valence-electron chi connectivity index (χ0n) is 7.91. The van der Waals surface area contributed by atoms with Gasteiger partial charge in [-0.3, -0.25) is 4.90 Å². The van der Waals surface area contributed by atoms with Crippen molar-refractivity contribution in [2.75, 3.05) is 6.54 Å². The molecule has 0 spiro atoms. The first-order valence-corrected chi connectivity index (χ1v) is 5.45. The predicted octanol–water partition coefficient (Wildman–Crippen LogP) is 1.65. The molecular weight excluding hydrogens is 198 g/mol. The van der Waals surface area contributed by atoms with Crippen molar-refractivity contribution in [3.05, 3.63) is 22.7 Å². The molecule has 1 aromatic heterocycles. The molecular formula is C10H12ClN3. The number of fused-ring (bicyclic) bond motifs is 1. The highest BCUT2D eigenvalue weighted by Gasteiger charge is 2.31. The fourth-order valence-corrected chi connectivity index (χ4v) is 2.22. The van der Waals surface area contributed by atoms with Gasteiger partial charge >= 0.3 is 0 Å². The maximum absolute atomic E-state index is 5.75. The van der Waals surface area contributed by atoms with Crippen LogP contribution in [0.25, 0.3) is 0 Å². The molecule has 3 nitrogen and oxygen atoms in total. The lowest BCUT2D eigenvalue weighted by molar-refractivity contribution is 0.241. The average molecular weight is 210 g/mol. The van der Waals surface area contributed by atoms with Gasteiger partial charge in [-0.1, -0.05) is 0 Å². The van der Waals surface area contributed by atoms with Crippen LogP contribution in [0.1, 0.15) is 24.1 Å². The molecule has 74 valence electrons. The Balaban J connectivity index is 1.86. The lowest BCUT2D eigenvalue weighted by Crippen LogP contribution is -2.32. The molecule has 2 aliphatic rings. The Bertz CT molecular complexity index is 362. The van der Waals surface area contributed by atoms with E-state index in [0.29, 0.717) is 5.28 Å². The monoisotopic (exact) mass is 209 g/mol. The molecule has 2 heterocycles. The molecule has 1 fully saturated rings. The van der Waals surface area contributed by atoms with Gasteiger partial charge in [0.2, 0.25) is 5.28 Å². The summed E-state index contributed by atoms with van der Waals surface area (Å²) in [6.45, 7) is 2.14. The summed E-state index contributed by atoms with van der Waals surface area (Å²) in [5.41, 5.74) is 2.40. The second-order valence-corrected chi connectivity index (χ2v) is 4.40. The highest BCUT2D eigenvalue weighted by Crippen LogP contribution is 2.30. The van der Waals surface area contributed by atoms with Crippen LogP contribution in [0.3, 0.4) is 0 Å². The molecule has 14 heavy (non-hydrogen) atoms. The molecule has 4 heteroatoms. The van der Waals surface area contributed by atoms with E-state index in [-0.39, 0.29) is 0 Å². The highest BCUT2D eigenvalue weighted by molar-refractivity contribution is 6.28. The molecule has 1 aliphatic heterocycles. The zero-order valence-corrected chi connectivity index (χ0v) is 8.67. The lowest BCUT2D eigenvalue weighted by Gasteiger charge is -2.27. The summed E-state index contributed by atoms with van der Waals surface area (Å²) in [4.78, 5) is 10.8. The van der Waals surface area contributed by atoms with E-state index < -0.39 is 0 Å². The topological polar surface area (TPSA) is 29.0 Å².